The average molecular weight is 411 g/mol. The van der Waals surface area contributed by atoms with Crippen molar-refractivity contribution in [3.8, 4) is 0 Å². The molecule has 0 aliphatic carbocycles. The van der Waals surface area contributed by atoms with Gasteiger partial charge in [-0.1, -0.05) is 0 Å². The van der Waals surface area contributed by atoms with Gasteiger partial charge in [0.15, 0.2) is 0 Å². The molecule has 0 fully saturated rings. The molecule has 0 spiro atoms. The Bertz CT molecular complexity index is 761. The summed E-state index contributed by atoms with van der Waals surface area (Å²) < 4.78 is 62.9. The van der Waals surface area contributed by atoms with Crippen LogP contribution in [0, 0.1) is 0 Å². The molecular weight excluding hydrogens is 407 g/mol. The summed E-state index contributed by atoms with van der Waals surface area (Å²) in [5, 5.41) is -4.24. The Morgan fingerprint density at radius 1 is 0.739 bits per heavy atom. The fraction of sp³-hybridized carbons (Fsp3) is 0. The summed E-state index contributed by atoms with van der Waals surface area (Å²) in [6.07, 6.45) is 0. The molecule has 0 radical (unpaired) electrons. The van der Waals surface area contributed by atoms with Crippen LogP contribution in [0.4, 0.5) is 0 Å². The van der Waals surface area contributed by atoms with Gasteiger partial charge in [0.1, 0.15) is 11.1 Å². The standard InChI is InChI=1S/C8H4Cl2O11S2/c9-5(11)3(1-22(15,16)17)7(13)21-8(14)4(6(10)12)2-23(18,19)20/h1-2H,(H,15,16,17)(H,18,19,20)/b3-1-,4-2-. The van der Waals surface area contributed by atoms with Crippen molar-refractivity contribution in [2.24, 2.45) is 0 Å². The highest BCUT2D eigenvalue weighted by Gasteiger charge is 2.28. The minimum Gasteiger partial charge on any atom is -0.385 e. The maximum absolute atomic E-state index is 11.4. The van der Waals surface area contributed by atoms with Gasteiger partial charge in [0.25, 0.3) is 30.7 Å². The van der Waals surface area contributed by atoms with Gasteiger partial charge in [-0.15, -0.1) is 0 Å². The highest BCUT2D eigenvalue weighted by atomic mass is 35.5. The zero-order chi connectivity index (χ0) is 18.6. The normalized spacial score (nSPS) is 13.4. The van der Waals surface area contributed by atoms with Crippen molar-refractivity contribution >= 4 is 65.9 Å². The SMILES string of the molecule is O=C(Cl)/C(=C/S(=O)(=O)O)C(=O)OC(=O)/C(=C\S(=O)(=O)O)C(=O)Cl. The van der Waals surface area contributed by atoms with Crippen molar-refractivity contribution in [3.05, 3.63) is 22.0 Å². The molecule has 0 aliphatic heterocycles. The van der Waals surface area contributed by atoms with E-state index in [1.165, 1.54) is 0 Å². The minimum absolute atomic E-state index is 0.355. The lowest BCUT2D eigenvalue weighted by atomic mass is 10.3. The number of hydrogen-bond donors (Lipinski definition) is 2. The van der Waals surface area contributed by atoms with E-state index in [1.807, 2.05) is 0 Å². The van der Waals surface area contributed by atoms with Gasteiger partial charge < -0.3 is 4.74 Å². The number of ether oxygens (including phenoxy) is 1. The van der Waals surface area contributed by atoms with Gasteiger partial charge >= 0.3 is 11.9 Å². The van der Waals surface area contributed by atoms with Crippen LogP contribution >= 0.6 is 23.2 Å². The second-order valence-corrected chi connectivity index (χ2v) is 6.54. The van der Waals surface area contributed by atoms with Crippen molar-refractivity contribution in [1.29, 1.82) is 0 Å². The largest absolute Gasteiger partial charge is 0.385 e. The number of hydrogen-bond acceptors (Lipinski definition) is 9. The fourth-order valence-corrected chi connectivity index (χ4v) is 2.24. The van der Waals surface area contributed by atoms with Gasteiger partial charge in [-0.25, -0.2) is 9.59 Å². The predicted molar refractivity (Wildman–Crippen MR) is 72.1 cm³/mol. The van der Waals surface area contributed by atoms with Crippen LogP contribution in [0.2, 0.25) is 0 Å². The molecule has 0 saturated heterocycles. The van der Waals surface area contributed by atoms with Gasteiger partial charge in [-0.2, -0.15) is 16.8 Å². The number of halogens is 2. The van der Waals surface area contributed by atoms with Crippen LogP contribution in [0.5, 0.6) is 0 Å². The molecule has 0 amide bonds. The Morgan fingerprint density at radius 2 is 1.00 bits per heavy atom. The Kier molecular flexibility index (Phi) is 7.21. The summed E-state index contributed by atoms with van der Waals surface area (Å²) in [7, 11) is -10.1. The van der Waals surface area contributed by atoms with E-state index in [2.05, 4.69) is 4.74 Å². The zero-order valence-corrected chi connectivity index (χ0v) is 13.4. The number of carbonyl (C=O) groups excluding carboxylic acids is 4. The Labute approximate surface area is 138 Å². The molecule has 0 unspecified atom stereocenters. The molecule has 128 valence electrons. The van der Waals surface area contributed by atoms with Crippen LogP contribution in [0.3, 0.4) is 0 Å². The van der Waals surface area contributed by atoms with Crippen molar-refractivity contribution in [2.45, 2.75) is 0 Å². The average Bonchev–Trinajstić information content (AvgIpc) is 2.29. The Morgan fingerprint density at radius 3 is 1.17 bits per heavy atom. The van der Waals surface area contributed by atoms with Gasteiger partial charge in [0.05, 0.1) is 10.8 Å². The fourth-order valence-electron chi connectivity index (χ4n) is 0.841. The first-order valence-corrected chi connectivity index (χ1v) is 8.45. The third-order valence-corrected chi connectivity index (χ3v) is 3.06. The van der Waals surface area contributed by atoms with E-state index in [4.69, 9.17) is 32.3 Å². The topological polar surface area (TPSA) is 186 Å². The van der Waals surface area contributed by atoms with Crippen molar-refractivity contribution in [3.63, 3.8) is 0 Å². The zero-order valence-electron chi connectivity index (χ0n) is 10.3. The molecule has 15 heteroatoms. The number of esters is 2. The molecule has 0 aromatic carbocycles. The maximum Gasteiger partial charge on any atom is 0.351 e. The van der Waals surface area contributed by atoms with Crippen LogP contribution in [-0.4, -0.2) is 48.4 Å². The quantitative estimate of drug-likeness (QED) is 0.138. The van der Waals surface area contributed by atoms with E-state index in [9.17, 15) is 36.0 Å². The first kappa shape index (κ1) is 21.4. The molecule has 0 aromatic heterocycles. The molecule has 0 aromatic rings. The smallest absolute Gasteiger partial charge is 0.351 e. The van der Waals surface area contributed by atoms with E-state index in [-0.39, 0.29) is 10.8 Å². The van der Waals surface area contributed by atoms with Gasteiger partial charge in [0, 0.05) is 0 Å². The summed E-state index contributed by atoms with van der Waals surface area (Å²) in [5.41, 5.74) is -3.06. The summed E-state index contributed by atoms with van der Waals surface area (Å²) in [6.45, 7) is 0. The maximum atomic E-state index is 11.4. The third kappa shape index (κ3) is 8.53. The van der Waals surface area contributed by atoms with Gasteiger partial charge in [-0.05, 0) is 23.2 Å². The number of rotatable bonds is 6. The minimum atomic E-state index is -5.04. The highest BCUT2D eigenvalue weighted by Crippen LogP contribution is 2.11. The van der Waals surface area contributed by atoms with Crippen LogP contribution in [0.15, 0.2) is 22.0 Å². The van der Waals surface area contributed by atoms with Gasteiger partial charge in [-0.3, -0.25) is 18.7 Å². The monoisotopic (exact) mass is 410 g/mol. The molecule has 2 N–H and O–H groups in total. The van der Waals surface area contributed by atoms with E-state index in [1.54, 1.807) is 0 Å². The predicted octanol–water partition coefficient (Wildman–Crippen LogP) is -0.870. The first-order valence-electron chi connectivity index (χ1n) is 4.68. The molecule has 0 bridgehead atoms. The third-order valence-electron chi connectivity index (χ3n) is 1.58. The van der Waals surface area contributed by atoms with Crippen LogP contribution in [0.1, 0.15) is 0 Å². The summed E-state index contributed by atoms with van der Waals surface area (Å²) >= 11 is 9.68. The molecule has 0 rings (SSSR count). The molecule has 0 heterocycles. The van der Waals surface area contributed by atoms with Crippen molar-refractivity contribution < 1.29 is 49.9 Å². The molecule has 23 heavy (non-hydrogen) atoms. The van der Waals surface area contributed by atoms with E-state index in [0.717, 1.165) is 0 Å². The van der Waals surface area contributed by atoms with E-state index < -0.39 is 53.8 Å². The summed E-state index contributed by atoms with van der Waals surface area (Å²) in [4.78, 5) is 44.4. The van der Waals surface area contributed by atoms with Crippen LogP contribution in [0.25, 0.3) is 0 Å². The lowest BCUT2D eigenvalue weighted by Crippen LogP contribution is -2.22. The van der Waals surface area contributed by atoms with E-state index >= 15 is 0 Å². The molecule has 11 nitrogen and oxygen atoms in total. The highest BCUT2D eigenvalue weighted by molar-refractivity contribution is 7.89. The second-order valence-electron chi connectivity index (χ2n) is 3.32. The lowest BCUT2D eigenvalue weighted by molar-refractivity contribution is -0.154. The summed E-state index contributed by atoms with van der Waals surface area (Å²) in [5.74, 6) is -4.10. The molecular formula is C8H4Cl2O11S2. The second kappa shape index (κ2) is 7.76. The van der Waals surface area contributed by atoms with Crippen molar-refractivity contribution in [1.82, 2.24) is 0 Å². The Hall–Kier alpha value is -1.64. The van der Waals surface area contributed by atoms with E-state index in [0.29, 0.717) is 0 Å². The molecule has 0 saturated carbocycles. The first-order chi connectivity index (χ1) is 10.1. The number of carbonyl (C=O) groups is 4. The molecule has 0 atom stereocenters. The lowest BCUT2D eigenvalue weighted by Gasteiger charge is -2.03. The van der Waals surface area contributed by atoms with Gasteiger partial charge in [0.2, 0.25) is 0 Å². The summed E-state index contributed by atoms with van der Waals surface area (Å²) in [6, 6.07) is 0. The molecule has 0 aliphatic rings. The van der Waals surface area contributed by atoms with Crippen molar-refractivity contribution in [2.75, 3.05) is 0 Å². The van der Waals surface area contributed by atoms with Crippen LogP contribution in [-0.2, 0) is 44.2 Å². The Balaban J connectivity index is 5.71. The van der Waals surface area contributed by atoms with Crippen LogP contribution < -0.4 is 0 Å².